The van der Waals surface area contributed by atoms with Crippen molar-refractivity contribution in [3.05, 3.63) is 34.9 Å². The summed E-state index contributed by atoms with van der Waals surface area (Å²) < 4.78 is 0. The highest BCUT2D eigenvalue weighted by Crippen LogP contribution is 2.15. The lowest BCUT2D eigenvalue weighted by molar-refractivity contribution is -0.118. The molecule has 2 nitrogen and oxygen atoms in total. The van der Waals surface area contributed by atoms with Crippen LogP contribution in [0.25, 0.3) is 0 Å². The van der Waals surface area contributed by atoms with Gasteiger partial charge in [-0.3, -0.25) is 4.79 Å². The minimum atomic E-state index is 0.143. The van der Waals surface area contributed by atoms with E-state index in [9.17, 15) is 4.79 Å². The van der Waals surface area contributed by atoms with Gasteiger partial charge in [-0.2, -0.15) is 0 Å². The quantitative estimate of drug-likeness (QED) is 0.661. The number of hydrogen-bond acceptors (Lipinski definition) is 2. The first-order valence-corrected chi connectivity index (χ1v) is 9.27. The Kier molecular flexibility index (Phi) is 9.60. The predicted octanol–water partition coefficient (Wildman–Crippen LogP) is 4.91. The van der Waals surface area contributed by atoms with Crippen LogP contribution in [0.15, 0.2) is 24.3 Å². The molecular formula is C17H26ClNOS. The summed E-state index contributed by atoms with van der Waals surface area (Å²) in [5.41, 5.74) is 1.20. The highest BCUT2D eigenvalue weighted by atomic mass is 35.5. The van der Waals surface area contributed by atoms with Crippen LogP contribution in [0.4, 0.5) is 0 Å². The van der Waals surface area contributed by atoms with Gasteiger partial charge in [0.1, 0.15) is 0 Å². The lowest BCUT2D eigenvalue weighted by Crippen LogP contribution is -2.30. The molecule has 0 aliphatic carbocycles. The summed E-state index contributed by atoms with van der Waals surface area (Å²) in [4.78, 5) is 11.8. The van der Waals surface area contributed by atoms with Crippen LogP contribution in [0.5, 0.6) is 0 Å². The second-order valence-corrected chi connectivity index (χ2v) is 6.76. The van der Waals surface area contributed by atoms with E-state index in [1.165, 1.54) is 24.8 Å². The van der Waals surface area contributed by atoms with Gasteiger partial charge in [-0.05, 0) is 30.0 Å². The fourth-order valence-corrected chi connectivity index (χ4v) is 3.04. The van der Waals surface area contributed by atoms with Gasteiger partial charge in [-0.1, -0.05) is 56.8 Å². The van der Waals surface area contributed by atoms with E-state index in [2.05, 4.69) is 19.2 Å². The van der Waals surface area contributed by atoms with Gasteiger partial charge >= 0.3 is 0 Å². The number of halogens is 1. The highest BCUT2D eigenvalue weighted by molar-refractivity contribution is 7.99. The first kappa shape index (κ1) is 18.4. The Morgan fingerprint density at radius 3 is 2.62 bits per heavy atom. The maximum absolute atomic E-state index is 11.8. The molecule has 4 heteroatoms. The third kappa shape index (κ3) is 8.37. The Morgan fingerprint density at radius 2 is 2.00 bits per heavy atom. The molecule has 0 aliphatic heterocycles. The molecule has 0 heterocycles. The van der Waals surface area contributed by atoms with Crippen LogP contribution in [0.1, 0.15) is 45.1 Å². The van der Waals surface area contributed by atoms with E-state index in [1.807, 2.05) is 24.3 Å². The Labute approximate surface area is 138 Å². The number of carbonyl (C=O) groups excluding carboxylic acids is 1. The van der Waals surface area contributed by atoms with Crippen LogP contribution in [-0.4, -0.2) is 18.2 Å². The Balaban J connectivity index is 2.17. The van der Waals surface area contributed by atoms with Gasteiger partial charge in [0.2, 0.25) is 5.91 Å². The second kappa shape index (κ2) is 11.0. The van der Waals surface area contributed by atoms with Gasteiger partial charge in [-0.15, -0.1) is 11.8 Å². The lowest BCUT2D eigenvalue weighted by Gasteiger charge is -2.15. The Hall–Kier alpha value is -0.670. The van der Waals surface area contributed by atoms with Gasteiger partial charge in [-0.25, -0.2) is 0 Å². The maximum Gasteiger partial charge on any atom is 0.230 e. The average molecular weight is 328 g/mol. The molecule has 0 aromatic heterocycles. The normalized spacial score (nSPS) is 12.1. The first-order valence-electron chi connectivity index (χ1n) is 7.74. The van der Waals surface area contributed by atoms with Crippen LogP contribution < -0.4 is 5.32 Å². The van der Waals surface area contributed by atoms with Crippen molar-refractivity contribution in [2.24, 2.45) is 5.92 Å². The molecule has 1 atom stereocenters. The zero-order valence-electron chi connectivity index (χ0n) is 13.0. The smallest absolute Gasteiger partial charge is 0.230 e. The average Bonchev–Trinajstić information content (AvgIpc) is 2.49. The van der Waals surface area contributed by atoms with Crippen molar-refractivity contribution < 1.29 is 4.79 Å². The summed E-state index contributed by atoms with van der Waals surface area (Å²) in [6.07, 6.45) is 4.82. The zero-order valence-corrected chi connectivity index (χ0v) is 14.6. The zero-order chi connectivity index (χ0) is 15.5. The number of benzene rings is 1. The van der Waals surface area contributed by atoms with Crippen molar-refractivity contribution >= 4 is 29.3 Å². The standard InChI is InChI=1S/C17H26ClNOS/c1-3-5-6-14(4-2)11-19-17(20)13-21-12-15-7-9-16(18)10-8-15/h7-10,14H,3-6,11-13H2,1-2H3,(H,19,20)/t14-/m0/s1. The number of nitrogens with one attached hydrogen (secondary N) is 1. The SMILES string of the molecule is CCCC[C@H](CC)CNC(=O)CSCc1ccc(Cl)cc1. The minimum Gasteiger partial charge on any atom is -0.355 e. The topological polar surface area (TPSA) is 29.1 Å². The van der Waals surface area contributed by atoms with Crippen molar-refractivity contribution in [2.75, 3.05) is 12.3 Å². The molecule has 0 saturated carbocycles. The van der Waals surface area contributed by atoms with Crippen LogP contribution in [0.2, 0.25) is 5.02 Å². The van der Waals surface area contributed by atoms with Crippen LogP contribution in [-0.2, 0) is 10.5 Å². The molecule has 118 valence electrons. The Morgan fingerprint density at radius 1 is 1.29 bits per heavy atom. The van der Waals surface area contributed by atoms with Gasteiger partial charge in [0.25, 0.3) is 0 Å². The van der Waals surface area contributed by atoms with E-state index in [4.69, 9.17) is 11.6 Å². The fourth-order valence-electron chi connectivity index (χ4n) is 2.09. The van der Waals surface area contributed by atoms with Crippen molar-refractivity contribution in [2.45, 2.75) is 45.3 Å². The molecule has 0 saturated heterocycles. The van der Waals surface area contributed by atoms with Crippen LogP contribution >= 0.6 is 23.4 Å². The van der Waals surface area contributed by atoms with Crippen molar-refractivity contribution in [1.29, 1.82) is 0 Å². The van der Waals surface area contributed by atoms with Gasteiger partial charge in [0.15, 0.2) is 0 Å². The molecule has 0 unspecified atom stereocenters. The van der Waals surface area contributed by atoms with E-state index in [0.717, 1.165) is 23.7 Å². The molecule has 0 fully saturated rings. The lowest BCUT2D eigenvalue weighted by atomic mass is 9.99. The molecule has 1 aromatic carbocycles. The highest BCUT2D eigenvalue weighted by Gasteiger charge is 2.08. The van der Waals surface area contributed by atoms with E-state index in [-0.39, 0.29) is 5.91 Å². The van der Waals surface area contributed by atoms with Crippen molar-refractivity contribution in [3.8, 4) is 0 Å². The molecule has 21 heavy (non-hydrogen) atoms. The molecule has 1 rings (SSSR count). The largest absolute Gasteiger partial charge is 0.355 e. The van der Waals surface area contributed by atoms with E-state index < -0.39 is 0 Å². The number of rotatable bonds is 10. The summed E-state index contributed by atoms with van der Waals surface area (Å²) in [7, 11) is 0. The van der Waals surface area contributed by atoms with Gasteiger partial charge in [0, 0.05) is 17.3 Å². The number of unbranched alkanes of at least 4 members (excludes halogenated alkanes) is 1. The molecule has 0 aliphatic rings. The number of hydrogen-bond donors (Lipinski definition) is 1. The van der Waals surface area contributed by atoms with Crippen LogP contribution in [0.3, 0.4) is 0 Å². The maximum atomic E-state index is 11.8. The van der Waals surface area contributed by atoms with Crippen molar-refractivity contribution in [3.63, 3.8) is 0 Å². The van der Waals surface area contributed by atoms with Gasteiger partial charge < -0.3 is 5.32 Å². The summed E-state index contributed by atoms with van der Waals surface area (Å²) in [6.45, 7) is 5.22. The summed E-state index contributed by atoms with van der Waals surface area (Å²) in [5.74, 6) is 2.13. The molecule has 0 bridgehead atoms. The predicted molar refractivity (Wildman–Crippen MR) is 93.9 cm³/mol. The monoisotopic (exact) mass is 327 g/mol. The fraction of sp³-hybridized carbons (Fsp3) is 0.588. The first-order chi connectivity index (χ1) is 10.2. The minimum absolute atomic E-state index is 0.143. The van der Waals surface area contributed by atoms with Crippen molar-refractivity contribution in [1.82, 2.24) is 5.32 Å². The molecule has 0 radical (unpaired) electrons. The Bertz CT molecular complexity index is 408. The molecule has 1 amide bonds. The molecule has 0 spiro atoms. The molecular weight excluding hydrogens is 302 g/mol. The van der Waals surface area contributed by atoms with Crippen LogP contribution in [0, 0.1) is 5.92 Å². The van der Waals surface area contributed by atoms with Gasteiger partial charge in [0.05, 0.1) is 5.75 Å². The summed E-state index contributed by atoms with van der Waals surface area (Å²) in [5, 5.41) is 3.81. The summed E-state index contributed by atoms with van der Waals surface area (Å²) >= 11 is 7.49. The van der Waals surface area contributed by atoms with E-state index >= 15 is 0 Å². The number of thioether (sulfide) groups is 1. The summed E-state index contributed by atoms with van der Waals surface area (Å²) in [6, 6.07) is 7.78. The third-order valence-corrected chi connectivity index (χ3v) is 4.80. The molecule has 1 N–H and O–H groups in total. The van der Waals surface area contributed by atoms with E-state index in [1.54, 1.807) is 11.8 Å². The number of amides is 1. The second-order valence-electron chi connectivity index (χ2n) is 5.34. The third-order valence-electron chi connectivity index (χ3n) is 3.55. The molecule has 1 aromatic rings. The van der Waals surface area contributed by atoms with E-state index in [0.29, 0.717) is 11.7 Å². The number of carbonyl (C=O) groups is 1.